The second kappa shape index (κ2) is 6.12. The molecule has 2 heterocycles. The van der Waals surface area contributed by atoms with E-state index in [1.165, 1.54) is 5.56 Å². The molecule has 122 valence electrons. The topological polar surface area (TPSA) is 77.3 Å². The van der Waals surface area contributed by atoms with Gasteiger partial charge in [0.15, 0.2) is 5.78 Å². The van der Waals surface area contributed by atoms with Crippen LogP contribution in [0.3, 0.4) is 0 Å². The molecule has 3 N–H and O–H groups in total. The van der Waals surface area contributed by atoms with Crippen molar-refractivity contribution in [2.24, 2.45) is 0 Å². The number of carbonyl (C=O) groups is 1. The maximum Gasteiger partial charge on any atom is 0.213 e. The number of aryl methyl sites for hydroxylation is 1. The van der Waals surface area contributed by atoms with Crippen molar-refractivity contribution >= 4 is 28.9 Å². The predicted molar refractivity (Wildman–Crippen MR) is 95.7 cm³/mol. The SMILES string of the molecule is CC.Cc1ccc2[nH]c3c(c2c1)CC(c1nc(=S)[nH][nH]1)CC3=O.[HH]. The highest BCUT2D eigenvalue weighted by Gasteiger charge is 2.30. The summed E-state index contributed by atoms with van der Waals surface area (Å²) in [5.41, 5.74) is 4.06. The first-order valence-corrected chi connectivity index (χ1v) is 8.31. The number of hydrogen-bond donors (Lipinski definition) is 3. The maximum absolute atomic E-state index is 12.4. The van der Waals surface area contributed by atoms with E-state index >= 15 is 0 Å². The molecule has 1 atom stereocenters. The zero-order valence-electron chi connectivity index (χ0n) is 13.5. The number of Topliss-reactive ketones (excluding diaryl/α,β-unsaturated/α-hetero) is 1. The maximum atomic E-state index is 12.4. The molecule has 1 aliphatic rings. The first-order chi connectivity index (χ1) is 11.1. The highest BCUT2D eigenvalue weighted by Crippen LogP contribution is 2.35. The Morgan fingerprint density at radius 3 is 2.74 bits per heavy atom. The number of aromatic amines is 3. The molecule has 0 saturated carbocycles. The summed E-state index contributed by atoms with van der Waals surface area (Å²) in [6.07, 6.45) is 1.25. The molecule has 1 unspecified atom stereocenters. The molecular weight excluding hydrogens is 308 g/mol. The third-order valence-corrected chi connectivity index (χ3v) is 4.32. The van der Waals surface area contributed by atoms with Gasteiger partial charge < -0.3 is 4.98 Å². The van der Waals surface area contributed by atoms with Crippen molar-refractivity contribution in [3.05, 3.63) is 45.6 Å². The summed E-state index contributed by atoms with van der Waals surface area (Å²) < 4.78 is 0.429. The Morgan fingerprint density at radius 2 is 2.04 bits per heavy atom. The molecule has 0 amide bonds. The minimum Gasteiger partial charge on any atom is -0.352 e. The van der Waals surface area contributed by atoms with Crippen LogP contribution in [0.2, 0.25) is 0 Å². The first-order valence-electron chi connectivity index (χ1n) is 7.91. The van der Waals surface area contributed by atoms with Gasteiger partial charge in [0.25, 0.3) is 0 Å². The summed E-state index contributed by atoms with van der Waals surface area (Å²) >= 11 is 5.00. The van der Waals surface area contributed by atoms with Crippen LogP contribution in [-0.4, -0.2) is 25.9 Å². The lowest BCUT2D eigenvalue weighted by Crippen LogP contribution is -2.19. The molecule has 6 heteroatoms. The van der Waals surface area contributed by atoms with Crippen LogP contribution in [0, 0.1) is 11.7 Å². The lowest BCUT2D eigenvalue weighted by Gasteiger charge is -2.19. The third-order valence-electron chi connectivity index (χ3n) is 4.13. The minimum atomic E-state index is 0. The summed E-state index contributed by atoms with van der Waals surface area (Å²) in [5.74, 6) is 0.955. The molecule has 5 nitrogen and oxygen atoms in total. The van der Waals surface area contributed by atoms with E-state index in [1.807, 2.05) is 19.9 Å². The quantitative estimate of drug-likeness (QED) is 0.577. The van der Waals surface area contributed by atoms with Gasteiger partial charge in [0, 0.05) is 24.7 Å². The Labute approximate surface area is 141 Å². The van der Waals surface area contributed by atoms with Crippen LogP contribution in [-0.2, 0) is 6.42 Å². The molecular formula is C17H22N4OS. The fourth-order valence-corrected chi connectivity index (χ4v) is 3.27. The zero-order valence-corrected chi connectivity index (χ0v) is 14.3. The van der Waals surface area contributed by atoms with E-state index in [-0.39, 0.29) is 13.1 Å². The summed E-state index contributed by atoms with van der Waals surface area (Å²) in [6, 6.07) is 6.22. The van der Waals surface area contributed by atoms with E-state index in [4.69, 9.17) is 12.2 Å². The van der Waals surface area contributed by atoms with Crippen LogP contribution in [0.15, 0.2) is 18.2 Å². The number of carbonyl (C=O) groups excluding carboxylic acids is 1. The minimum absolute atomic E-state index is 0. The smallest absolute Gasteiger partial charge is 0.213 e. The molecule has 3 aromatic rings. The normalized spacial score (nSPS) is 16.8. The lowest BCUT2D eigenvalue weighted by molar-refractivity contribution is 0.0959. The van der Waals surface area contributed by atoms with Crippen molar-refractivity contribution in [3.63, 3.8) is 0 Å². The van der Waals surface area contributed by atoms with Gasteiger partial charge in [-0.2, -0.15) is 0 Å². The first kappa shape index (κ1) is 15.7. The van der Waals surface area contributed by atoms with Gasteiger partial charge in [0.2, 0.25) is 4.77 Å². The molecule has 4 rings (SSSR count). The fraction of sp³-hybridized carbons (Fsp3) is 0.353. The second-order valence-electron chi connectivity index (χ2n) is 5.61. The highest BCUT2D eigenvalue weighted by molar-refractivity contribution is 7.71. The standard InChI is InChI=1S/C15H14N4OS.C2H6.H2/c1-7-2-3-11-9(4-7)10-5-8(6-12(20)13(10)16-11)14-17-15(21)19-18-14;1-2;/h2-4,8,16H,5-6H2,1H3,(H2,17,18,19,21);1-2H3;1H. The molecule has 0 fully saturated rings. The number of benzene rings is 1. The van der Waals surface area contributed by atoms with Gasteiger partial charge in [-0.05, 0) is 43.3 Å². The van der Waals surface area contributed by atoms with Crippen LogP contribution in [0.1, 0.15) is 55.1 Å². The monoisotopic (exact) mass is 330 g/mol. The summed E-state index contributed by atoms with van der Waals surface area (Å²) in [5, 5.41) is 6.92. The average Bonchev–Trinajstić information content (AvgIpc) is 3.13. The molecule has 0 saturated heterocycles. The van der Waals surface area contributed by atoms with E-state index in [0.29, 0.717) is 11.2 Å². The summed E-state index contributed by atoms with van der Waals surface area (Å²) in [4.78, 5) is 19.9. The van der Waals surface area contributed by atoms with Crippen molar-refractivity contribution in [3.8, 4) is 0 Å². The summed E-state index contributed by atoms with van der Waals surface area (Å²) in [6.45, 7) is 6.06. The number of aromatic nitrogens is 4. The van der Waals surface area contributed by atoms with Crippen LogP contribution in [0.25, 0.3) is 10.9 Å². The Kier molecular flexibility index (Phi) is 4.17. The molecule has 0 spiro atoms. The van der Waals surface area contributed by atoms with Gasteiger partial charge in [-0.25, -0.2) is 4.98 Å². The Balaban J connectivity index is 0.000000670. The van der Waals surface area contributed by atoms with E-state index in [2.05, 4.69) is 39.2 Å². The molecule has 0 aliphatic heterocycles. The zero-order chi connectivity index (χ0) is 16.6. The lowest BCUT2D eigenvalue weighted by atomic mass is 9.85. The van der Waals surface area contributed by atoms with Crippen molar-refractivity contribution in [1.82, 2.24) is 20.2 Å². The Hall–Kier alpha value is -2.21. The van der Waals surface area contributed by atoms with Crippen molar-refractivity contribution in [2.45, 2.75) is 39.5 Å². The molecule has 0 bridgehead atoms. The van der Waals surface area contributed by atoms with Crippen LogP contribution < -0.4 is 0 Å². The molecule has 2 aromatic heterocycles. The number of rotatable bonds is 1. The van der Waals surface area contributed by atoms with Gasteiger partial charge in [0.1, 0.15) is 5.82 Å². The molecule has 0 radical (unpaired) electrons. The van der Waals surface area contributed by atoms with Crippen LogP contribution in [0.4, 0.5) is 0 Å². The molecule has 23 heavy (non-hydrogen) atoms. The van der Waals surface area contributed by atoms with Gasteiger partial charge in [-0.3, -0.25) is 15.0 Å². The second-order valence-corrected chi connectivity index (χ2v) is 5.99. The van der Waals surface area contributed by atoms with E-state index in [9.17, 15) is 4.79 Å². The predicted octanol–water partition coefficient (Wildman–Crippen LogP) is 4.44. The third kappa shape index (κ3) is 2.74. The number of nitrogens with one attached hydrogen (secondary N) is 3. The number of H-pyrrole nitrogens is 3. The van der Waals surface area contributed by atoms with Gasteiger partial charge in [-0.15, -0.1) is 0 Å². The fourth-order valence-electron chi connectivity index (χ4n) is 3.13. The van der Waals surface area contributed by atoms with Crippen molar-refractivity contribution in [2.75, 3.05) is 0 Å². The highest BCUT2D eigenvalue weighted by atomic mass is 32.1. The van der Waals surface area contributed by atoms with E-state index in [1.54, 1.807) is 0 Å². The van der Waals surface area contributed by atoms with E-state index < -0.39 is 0 Å². The van der Waals surface area contributed by atoms with Gasteiger partial charge >= 0.3 is 0 Å². The number of ketones is 1. The van der Waals surface area contributed by atoms with Gasteiger partial charge in [0.05, 0.1) is 5.69 Å². The molecule has 1 aromatic carbocycles. The van der Waals surface area contributed by atoms with Gasteiger partial charge in [-0.1, -0.05) is 25.5 Å². The van der Waals surface area contributed by atoms with Crippen LogP contribution in [0.5, 0.6) is 0 Å². The number of nitrogens with zero attached hydrogens (tertiary/aromatic N) is 1. The largest absolute Gasteiger partial charge is 0.352 e. The Bertz CT molecular complexity index is 924. The molecule has 1 aliphatic carbocycles. The summed E-state index contributed by atoms with van der Waals surface area (Å²) in [7, 11) is 0. The number of fused-ring (bicyclic) bond motifs is 3. The van der Waals surface area contributed by atoms with Crippen molar-refractivity contribution < 1.29 is 6.22 Å². The average molecular weight is 330 g/mol. The number of hydrogen-bond acceptors (Lipinski definition) is 3. The Morgan fingerprint density at radius 1 is 1.26 bits per heavy atom. The van der Waals surface area contributed by atoms with Crippen LogP contribution >= 0.6 is 12.2 Å². The van der Waals surface area contributed by atoms with E-state index in [0.717, 1.165) is 34.4 Å². The van der Waals surface area contributed by atoms with Crippen molar-refractivity contribution in [1.29, 1.82) is 0 Å².